The maximum atomic E-state index is 14.1. The van der Waals surface area contributed by atoms with E-state index in [2.05, 4.69) is 4.90 Å². The molecule has 2 fully saturated rings. The van der Waals surface area contributed by atoms with Gasteiger partial charge in [-0.25, -0.2) is 8.78 Å². The number of likely N-dealkylation sites (tertiary alicyclic amines) is 1. The molecule has 23 heavy (non-hydrogen) atoms. The molecule has 1 aliphatic carbocycles. The van der Waals surface area contributed by atoms with Crippen molar-refractivity contribution in [2.45, 2.75) is 25.5 Å². The molecular formula is C16H21F2NO4. The van der Waals surface area contributed by atoms with Gasteiger partial charge >= 0.3 is 0 Å². The highest BCUT2D eigenvalue weighted by molar-refractivity contribution is 5.33. The van der Waals surface area contributed by atoms with Crippen molar-refractivity contribution in [1.82, 2.24) is 4.90 Å². The van der Waals surface area contributed by atoms with Crippen LogP contribution in [0.1, 0.15) is 18.4 Å². The van der Waals surface area contributed by atoms with Gasteiger partial charge in [-0.1, -0.05) is 6.07 Å². The summed E-state index contributed by atoms with van der Waals surface area (Å²) in [6, 6.07) is 2.73. The van der Waals surface area contributed by atoms with E-state index in [1.807, 2.05) is 0 Å². The van der Waals surface area contributed by atoms with Gasteiger partial charge in [-0.05, 0) is 30.7 Å². The summed E-state index contributed by atoms with van der Waals surface area (Å²) in [5.41, 5.74) is 0.462. The van der Waals surface area contributed by atoms with Gasteiger partial charge in [0.15, 0.2) is 17.4 Å². The molecule has 2 aliphatic rings. The first-order valence-corrected chi connectivity index (χ1v) is 7.49. The quantitative estimate of drug-likeness (QED) is 0.829. The second kappa shape index (κ2) is 7.70. The van der Waals surface area contributed by atoms with Crippen molar-refractivity contribution in [3.8, 4) is 5.75 Å². The number of methoxy groups -OCH3 is 1. The third-order valence-electron chi connectivity index (χ3n) is 4.53. The lowest BCUT2D eigenvalue weighted by Crippen LogP contribution is -2.23. The fourth-order valence-electron chi connectivity index (χ4n) is 3.62. The number of hydrogen-bond donors (Lipinski definition) is 2. The Morgan fingerprint density at radius 2 is 1.87 bits per heavy atom. The van der Waals surface area contributed by atoms with Crippen molar-refractivity contribution in [3.63, 3.8) is 0 Å². The molecule has 0 amide bonds. The number of rotatable bonds is 3. The Bertz CT molecular complexity index is 541. The molecule has 0 aromatic heterocycles. The molecular weight excluding hydrogens is 308 g/mol. The average molecular weight is 329 g/mol. The van der Waals surface area contributed by atoms with Crippen LogP contribution < -0.4 is 4.74 Å². The molecule has 1 heterocycles. The Morgan fingerprint density at radius 1 is 1.30 bits per heavy atom. The van der Waals surface area contributed by atoms with Gasteiger partial charge in [-0.15, -0.1) is 0 Å². The number of fused-ring (bicyclic) bond motifs is 1. The molecule has 7 heteroatoms. The van der Waals surface area contributed by atoms with Crippen LogP contribution in [0.4, 0.5) is 8.78 Å². The van der Waals surface area contributed by atoms with Gasteiger partial charge in [0, 0.05) is 25.2 Å². The molecule has 0 bridgehead atoms. The molecule has 1 aromatic rings. The van der Waals surface area contributed by atoms with Crippen LogP contribution in [0.15, 0.2) is 12.1 Å². The van der Waals surface area contributed by atoms with Gasteiger partial charge in [0.2, 0.25) is 0 Å². The normalized spacial score (nSPS) is 26.3. The molecule has 1 unspecified atom stereocenters. The number of benzene rings is 1. The number of ether oxygens (including phenoxy) is 1. The third-order valence-corrected chi connectivity index (χ3v) is 4.53. The van der Waals surface area contributed by atoms with Gasteiger partial charge in [0.1, 0.15) is 0 Å². The lowest BCUT2D eigenvalue weighted by atomic mass is 10.0. The highest BCUT2D eigenvalue weighted by Crippen LogP contribution is 2.38. The van der Waals surface area contributed by atoms with E-state index < -0.39 is 11.6 Å². The number of carboxylic acid groups (broad SMARTS) is 1. The largest absolute Gasteiger partial charge is 0.491 e. The van der Waals surface area contributed by atoms with Crippen LogP contribution in [0.25, 0.3) is 0 Å². The number of aliphatic hydroxyl groups is 1. The van der Waals surface area contributed by atoms with E-state index in [1.54, 1.807) is 0 Å². The van der Waals surface area contributed by atoms with Crippen LogP contribution in [-0.2, 0) is 11.3 Å². The van der Waals surface area contributed by atoms with E-state index >= 15 is 0 Å². The van der Waals surface area contributed by atoms with E-state index in [9.17, 15) is 13.9 Å². The second-order valence-corrected chi connectivity index (χ2v) is 6.00. The third kappa shape index (κ3) is 3.97. The van der Waals surface area contributed by atoms with Gasteiger partial charge in [0.25, 0.3) is 6.47 Å². The Hall–Kier alpha value is -1.73. The molecule has 3 rings (SSSR count). The molecule has 5 nitrogen and oxygen atoms in total. The summed E-state index contributed by atoms with van der Waals surface area (Å²) < 4.78 is 32.2. The molecule has 1 aliphatic heterocycles. The highest BCUT2D eigenvalue weighted by Gasteiger charge is 2.40. The zero-order chi connectivity index (χ0) is 17.0. The van der Waals surface area contributed by atoms with Crippen LogP contribution in [-0.4, -0.2) is 47.9 Å². The summed E-state index contributed by atoms with van der Waals surface area (Å²) in [4.78, 5) is 10.5. The Balaban J connectivity index is 0.000000595. The summed E-state index contributed by atoms with van der Waals surface area (Å²) in [5.74, 6) is -0.567. The van der Waals surface area contributed by atoms with Crippen molar-refractivity contribution in [2.24, 2.45) is 11.8 Å². The van der Waals surface area contributed by atoms with Crippen molar-refractivity contribution in [2.75, 3.05) is 20.2 Å². The highest BCUT2D eigenvalue weighted by atomic mass is 19.1. The minimum Gasteiger partial charge on any atom is -0.491 e. The number of carbonyl (C=O) groups is 1. The van der Waals surface area contributed by atoms with Crippen LogP contribution >= 0.6 is 0 Å². The molecule has 128 valence electrons. The fraction of sp³-hybridized carbons (Fsp3) is 0.562. The van der Waals surface area contributed by atoms with E-state index in [-0.39, 0.29) is 18.3 Å². The first kappa shape index (κ1) is 17.6. The maximum Gasteiger partial charge on any atom is 0.290 e. The van der Waals surface area contributed by atoms with Crippen LogP contribution in [0, 0.1) is 23.5 Å². The first-order valence-electron chi connectivity index (χ1n) is 7.49. The molecule has 1 aromatic carbocycles. The van der Waals surface area contributed by atoms with E-state index in [0.717, 1.165) is 25.9 Å². The van der Waals surface area contributed by atoms with Gasteiger partial charge < -0.3 is 14.9 Å². The summed E-state index contributed by atoms with van der Waals surface area (Å²) in [6.07, 6.45) is 1.52. The standard InChI is InChI=1S/C15H19F2NO2.CH2O2/c1-20-15-13(16)3-2-9(14(15)17)6-18-7-10-4-12(19)5-11(10)8-18;2-1-3/h2-3,10-12,19H,4-8H2,1H3;1H,(H,2,3)/t10-,11+,12?;. The maximum absolute atomic E-state index is 14.1. The van der Waals surface area contributed by atoms with Crippen LogP contribution in [0.2, 0.25) is 0 Å². The van der Waals surface area contributed by atoms with Gasteiger partial charge in [0.05, 0.1) is 13.2 Å². The van der Waals surface area contributed by atoms with E-state index in [0.29, 0.717) is 23.9 Å². The molecule has 0 spiro atoms. The minimum absolute atomic E-state index is 0.171. The molecule has 1 saturated carbocycles. The van der Waals surface area contributed by atoms with Crippen molar-refractivity contribution in [3.05, 3.63) is 29.3 Å². The predicted molar refractivity (Wildman–Crippen MR) is 79.1 cm³/mol. The summed E-state index contributed by atoms with van der Waals surface area (Å²) >= 11 is 0. The molecule has 0 radical (unpaired) electrons. The van der Waals surface area contributed by atoms with Crippen molar-refractivity contribution in [1.29, 1.82) is 0 Å². The Labute approximate surface area is 133 Å². The van der Waals surface area contributed by atoms with Crippen LogP contribution in [0.5, 0.6) is 5.75 Å². The second-order valence-electron chi connectivity index (χ2n) is 6.00. The number of aliphatic hydroxyl groups excluding tert-OH is 1. The van der Waals surface area contributed by atoms with Crippen molar-refractivity contribution < 1.29 is 28.5 Å². The number of nitrogens with zero attached hydrogens (tertiary/aromatic N) is 1. The average Bonchev–Trinajstić information content (AvgIpc) is 3.00. The summed E-state index contributed by atoms with van der Waals surface area (Å²) in [5, 5.41) is 16.5. The Morgan fingerprint density at radius 3 is 2.39 bits per heavy atom. The lowest BCUT2D eigenvalue weighted by Gasteiger charge is -2.18. The zero-order valence-corrected chi connectivity index (χ0v) is 12.9. The van der Waals surface area contributed by atoms with Crippen LogP contribution in [0.3, 0.4) is 0 Å². The Kier molecular flexibility index (Phi) is 5.90. The fourth-order valence-corrected chi connectivity index (χ4v) is 3.62. The molecule has 2 N–H and O–H groups in total. The smallest absolute Gasteiger partial charge is 0.290 e. The lowest BCUT2D eigenvalue weighted by molar-refractivity contribution is -0.122. The van der Waals surface area contributed by atoms with E-state index in [4.69, 9.17) is 14.6 Å². The minimum atomic E-state index is -0.671. The zero-order valence-electron chi connectivity index (χ0n) is 12.9. The summed E-state index contributed by atoms with van der Waals surface area (Å²) in [7, 11) is 1.27. The van der Waals surface area contributed by atoms with Gasteiger partial charge in [-0.3, -0.25) is 9.69 Å². The predicted octanol–water partition coefficient (Wildman–Crippen LogP) is 1.88. The number of halogens is 2. The molecule has 3 atom stereocenters. The summed E-state index contributed by atoms with van der Waals surface area (Å²) in [6.45, 7) is 1.97. The first-order chi connectivity index (χ1) is 11.0. The monoisotopic (exact) mass is 329 g/mol. The number of hydrogen-bond acceptors (Lipinski definition) is 4. The molecule has 1 saturated heterocycles. The SMILES string of the molecule is COc1c(F)ccc(CN2C[C@H]3CC(O)C[C@H]3C2)c1F.O=CO. The van der Waals surface area contributed by atoms with Gasteiger partial charge in [-0.2, -0.15) is 0 Å². The van der Waals surface area contributed by atoms with Crippen molar-refractivity contribution >= 4 is 6.47 Å². The van der Waals surface area contributed by atoms with E-state index in [1.165, 1.54) is 19.2 Å². The topological polar surface area (TPSA) is 70.0 Å².